The summed E-state index contributed by atoms with van der Waals surface area (Å²) in [5.74, 6) is 0.453. The molecule has 1 N–H and O–H groups in total. The molecule has 0 radical (unpaired) electrons. The van der Waals surface area contributed by atoms with Crippen molar-refractivity contribution in [3.63, 3.8) is 0 Å². The zero-order valence-corrected chi connectivity index (χ0v) is 18.2. The van der Waals surface area contributed by atoms with E-state index in [-0.39, 0.29) is 23.4 Å². The lowest BCUT2D eigenvalue weighted by Gasteiger charge is -2.26. The van der Waals surface area contributed by atoms with E-state index in [9.17, 15) is 9.59 Å². The summed E-state index contributed by atoms with van der Waals surface area (Å²) in [5, 5.41) is 11.7. The van der Waals surface area contributed by atoms with Crippen molar-refractivity contribution < 1.29 is 14.3 Å². The smallest absolute Gasteiger partial charge is 0.286 e. The molecule has 1 aromatic heterocycles. The molecule has 2 aromatic carbocycles. The number of aryl methyl sites for hydroxylation is 1. The Morgan fingerprint density at radius 1 is 1.06 bits per heavy atom. The van der Waals surface area contributed by atoms with Crippen molar-refractivity contribution in [2.24, 2.45) is 0 Å². The predicted octanol–water partition coefficient (Wildman–Crippen LogP) is 4.30. The highest BCUT2D eigenvalue weighted by molar-refractivity contribution is 7.13. The fourth-order valence-corrected chi connectivity index (χ4v) is 4.06. The molecule has 0 spiro atoms. The van der Waals surface area contributed by atoms with Crippen LogP contribution < -0.4 is 10.1 Å². The molecule has 31 heavy (non-hydrogen) atoms. The molecule has 1 saturated heterocycles. The lowest BCUT2D eigenvalue weighted by molar-refractivity contribution is 0.0724. The number of rotatable bonds is 6. The number of aromatic nitrogens is 2. The van der Waals surface area contributed by atoms with Crippen LogP contribution in [0.15, 0.2) is 48.5 Å². The van der Waals surface area contributed by atoms with Gasteiger partial charge >= 0.3 is 0 Å². The van der Waals surface area contributed by atoms with Crippen LogP contribution in [-0.2, 0) is 6.61 Å². The Morgan fingerprint density at radius 3 is 2.58 bits per heavy atom. The number of nitrogens with one attached hydrogen (secondary N) is 1. The molecule has 0 atom stereocenters. The highest BCUT2D eigenvalue weighted by Crippen LogP contribution is 2.19. The Balaban J connectivity index is 1.32. The quantitative estimate of drug-likeness (QED) is 0.623. The normalized spacial score (nSPS) is 13.6. The van der Waals surface area contributed by atoms with Gasteiger partial charge < -0.3 is 15.0 Å². The van der Waals surface area contributed by atoms with Gasteiger partial charge in [0, 0.05) is 24.3 Å². The molecule has 2 amide bonds. The fourth-order valence-electron chi connectivity index (χ4n) is 3.41. The van der Waals surface area contributed by atoms with Crippen LogP contribution in [0.2, 0.25) is 0 Å². The molecule has 3 aromatic rings. The molecule has 160 valence electrons. The first-order chi connectivity index (χ1) is 15.1. The standard InChI is InChI=1S/C23H24N4O3S/c1-16-6-5-7-19(14-16)30-15-20-25-26-22(31-20)21(28)24-18-10-8-17(9-11-18)23(29)27-12-3-2-4-13-27/h5-11,14H,2-4,12-13,15H2,1H3,(H,24,28). The summed E-state index contributed by atoms with van der Waals surface area (Å²) in [4.78, 5) is 26.9. The number of ether oxygens (including phenoxy) is 1. The van der Waals surface area contributed by atoms with Gasteiger partial charge in [0.2, 0.25) is 5.01 Å². The van der Waals surface area contributed by atoms with Crippen molar-refractivity contribution in [1.82, 2.24) is 15.1 Å². The van der Waals surface area contributed by atoms with Gasteiger partial charge in [-0.25, -0.2) is 0 Å². The summed E-state index contributed by atoms with van der Waals surface area (Å²) in [5.41, 5.74) is 2.35. The first kappa shape index (κ1) is 21.0. The molecular formula is C23H24N4O3S. The van der Waals surface area contributed by atoms with E-state index < -0.39 is 0 Å². The van der Waals surface area contributed by atoms with E-state index in [0.717, 1.165) is 37.2 Å². The number of hydrogen-bond acceptors (Lipinski definition) is 6. The summed E-state index contributed by atoms with van der Waals surface area (Å²) in [7, 11) is 0. The maximum Gasteiger partial charge on any atom is 0.286 e. The van der Waals surface area contributed by atoms with Crippen LogP contribution in [-0.4, -0.2) is 40.0 Å². The van der Waals surface area contributed by atoms with Gasteiger partial charge in [0.05, 0.1) is 0 Å². The van der Waals surface area contributed by atoms with Crippen LogP contribution in [0.25, 0.3) is 0 Å². The number of benzene rings is 2. The van der Waals surface area contributed by atoms with Gasteiger partial charge in [-0.1, -0.05) is 23.5 Å². The van der Waals surface area contributed by atoms with Gasteiger partial charge in [-0.2, -0.15) is 0 Å². The molecule has 0 unspecified atom stereocenters. The van der Waals surface area contributed by atoms with E-state index in [0.29, 0.717) is 16.3 Å². The van der Waals surface area contributed by atoms with Crippen molar-refractivity contribution >= 4 is 28.8 Å². The number of likely N-dealkylation sites (tertiary alicyclic amines) is 1. The molecule has 4 rings (SSSR count). The molecule has 1 aliphatic rings. The Kier molecular flexibility index (Phi) is 6.57. The minimum atomic E-state index is -0.339. The monoisotopic (exact) mass is 436 g/mol. The third-order valence-corrected chi connectivity index (χ3v) is 5.94. The number of piperidine rings is 1. The van der Waals surface area contributed by atoms with E-state index >= 15 is 0 Å². The van der Waals surface area contributed by atoms with Gasteiger partial charge in [0.25, 0.3) is 11.8 Å². The number of amides is 2. The van der Waals surface area contributed by atoms with E-state index in [4.69, 9.17) is 4.74 Å². The van der Waals surface area contributed by atoms with Gasteiger partial charge in [0.15, 0.2) is 5.01 Å². The second-order valence-electron chi connectivity index (χ2n) is 7.49. The van der Waals surface area contributed by atoms with E-state index in [1.54, 1.807) is 24.3 Å². The highest BCUT2D eigenvalue weighted by atomic mass is 32.1. The first-order valence-electron chi connectivity index (χ1n) is 10.3. The molecule has 7 nitrogen and oxygen atoms in total. The molecule has 1 fully saturated rings. The molecule has 8 heteroatoms. The Morgan fingerprint density at radius 2 is 1.84 bits per heavy atom. The molecule has 1 aliphatic heterocycles. The van der Waals surface area contributed by atoms with Gasteiger partial charge in [-0.3, -0.25) is 9.59 Å². The van der Waals surface area contributed by atoms with Crippen molar-refractivity contribution in [2.45, 2.75) is 32.8 Å². The van der Waals surface area contributed by atoms with E-state index in [1.807, 2.05) is 36.1 Å². The molecular weight excluding hydrogens is 412 g/mol. The van der Waals surface area contributed by atoms with Crippen molar-refractivity contribution in [1.29, 1.82) is 0 Å². The van der Waals surface area contributed by atoms with Crippen molar-refractivity contribution in [3.8, 4) is 5.75 Å². The summed E-state index contributed by atoms with van der Waals surface area (Å²) in [6.07, 6.45) is 3.29. The number of anilines is 1. The maximum absolute atomic E-state index is 12.6. The van der Waals surface area contributed by atoms with Crippen LogP contribution in [0, 0.1) is 6.92 Å². The van der Waals surface area contributed by atoms with Crippen LogP contribution in [0.3, 0.4) is 0 Å². The predicted molar refractivity (Wildman–Crippen MR) is 120 cm³/mol. The van der Waals surface area contributed by atoms with Crippen LogP contribution in [0.1, 0.15) is 50.0 Å². The number of nitrogens with zero attached hydrogens (tertiary/aromatic N) is 3. The second kappa shape index (κ2) is 9.70. The maximum atomic E-state index is 12.6. The molecule has 0 saturated carbocycles. The van der Waals surface area contributed by atoms with E-state index in [2.05, 4.69) is 15.5 Å². The minimum absolute atomic E-state index is 0.0416. The summed E-state index contributed by atoms with van der Waals surface area (Å²) in [6, 6.07) is 14.7. The Hall–Kier alpha value is -3.26. The summed E-state index contributed by atoms with van der Waals surface area (Å²) in [6.45, 7) is 3.87. The second-order valence-corrected chi connectivity index (χ2v) is 8.55. The van der Waals surface area contributed by atoms with Crippen LogP contribution in [0.5, 0.6) is 5.75 Å². The number of carbonyl (C=O) groups excluding carboxylic acids is 2. The number of hydrogen-bond donors (Lipinski definition) is 1. The first-order valence-corrected chi connectivity index (χ1v) is 11.1. The van der Waals surface area contributed by atoms with Crippen LogP contribution >= 0.6 is 11.3 Å². The third-order valence-electron chi connectivity index (χ3n) is 5.05. The third kappa shape index (κ3) is 5.46. The largest absolute Gasteiger partial charge is 0.486 e. The van der Waals surface area contributed by atoms with Crippen molar-refractivity contribution in [3.05, 3.63) is 69.7 Å². The topological polar surface area (TPSA) is 84.4 Å². The minimum Gasteiger partial charge on any atom is -0.486 e. The molecule has 2 heterocycles. The zero-order chi connectivity index (χ0) is 21.6. The average molecular weight is 437 g/mol. The lowest BCUT2D eigenvalue weighted by Crippen LogP contribution is -2.35. The zero-order valence-electron chi connectivity index (χ0n) is 17.3. The highest BCUT2D eigenvalue weighted by Gasteiger charge is 2.18. The van der Waals surface area contributed by atoms with Gasteiger partial charge in [0.1, 0.15) is 12.4 Å². The molecule has 0 aliphatic carbocycles. The van der Waals surface area contributed by atoms with Crippen molar-refractivity contribution in [2.75, 3.05) is 18.4 Å². The summed E-state index contributed by atoms with van der Waals surface area (Å²) < 4.78 is 5.71. The summed E-state index contributed by atoms with van der Waals surface area (Å²) >= 11 is 1.19. The Bertz CT molecular complexity index is 1060. The SMILES string of the molecule is Cc1cccc(OCc2nnc(C(=O)Nc3ccc(C(=O)N4CCCCC4)cc3)s2)c1. The average Bonchev–Trinajstić information content (AvgIpc) is 3.28. The van der Waals surface area contributed by atoms with Crippen LogP contribution in [0.4, 0.5) is 5.69 Å². The lowest BCUT2D eigenvalue weighted by atomic mass is 10.1. The Labute approximate surface area is 185 Å². The number of carbonyl (C=O) groups is 2. The van der Waals surface area contributed by atoms with E-state index in [1.165, 1.54) is 17.8 Å². The van der Waals surface area contributed by atoms with Gasteiger partial charge in [-0.05, 0) is 68.1 Å². The fraction of sp³-hybridized carbons (Fsp3) is 0.304. The van der Waals surface area contributed by atoms with Gasteiger partial charge in [-0.15, -0.1) is 10.2 Å². The molecule has 0 bridgehead atoms.